The summed E-state index contributed by atoms with van der Waals surface area (Å²) in [6, 6.07) is 1.71. The highest BCUT2D eigenvalue weighted by molar-refractivity contribution is 7.78. The Labute approximate surface area is 87.0 Å². The van der Waals surface area contributed by atoms with Gasteiger partial charge in [-0.2, -0.15) is 4.99 Å². The Morgan fingerprint density at radius 2 is 2.50 bits per heavy atom. The zero-order valence-corrected chi connectivity index (χ0v) is 8.77. The lowest BCUT2D eigenvalue weighted by molar-refractivity contribution is 0.0521. The molecule has 14 heavy (non-hydrogen) atoms. The number of esters is 1. The van der Waals surface area contributed by atoms with Crippen molar-refractivity contribution in [3.05, 3.63) is 17.5 Å². The minimum atomic E-state index is -0.426. The van der Waals surface area contributed by atoms with E-state index in [1.807, 2.05) is 6.92 Å². The van der Waals surface area contributed by atoms with Crippen LogP contribution in [0.3, 0.4) is 0 Å². The minimum Gasteiger partial charge on any atom is -0.461 e. The number of ether oxygens (including phenoxy) is 1. The Morgan fingerprint density at radius 1 is 1.79 bits per heavy atom. The molecule has 0 spiro atoms. The highest BCUT2D eigenvalue weighted by atomic mass is 32.1. The number of aromatic nitrogens is 1. The number of thiocarbonyl (C=S) groups is 1. The van der Waals surface area contributed by atoms with Crippen LogP contribution in [0.4, 0.5) is 5.69 Å². The minimum absolute atomic E-state index is 0.321. The number of aromatic amines is 1. The van der Waals surface area contributed by atoms with Crippen LogP contribution in [-0.4, -0.2) is 22.7 Å². The van der Waals surface area contributed by atoms with Crippen molar-refractivity contribution in [3.63, 3.8) is 0 Å². The molecule has 74 valence electrons. The van der Waals surface area contributed by atoms with Crippen molar-refractivity contribution in [2.24, 2.45) is 4.99 Å². The fraction of sp³-hybridized carbons (Fsp3) is 0.333. The SMILES string of the molecule is CCOC(=O)c1[nH]c(C)cc1N=C=S. The van der Waals surface area contributed by atoms with Gasteiger partial charge in [0.15, 0.2) is 5.69 Å². The third kappa shape index (κ3) is 2.28. The highest BCUT2D eigenvalue weighted by Gasteiger charge is 2.14. The van der Waals surface area contributed by atoms with Crippen LogP contribution in [0.15, 0.2) is 11.1 Å². The maximum absolute atomic E-state index is 11.4. The van der Waals surface area contributed by atoms with E-state index >= 15 is 0 Å². The number of nitrogens with zero attached hydrogens (tertiary/aromatic N) is 1. The van der Waals surface area contributed by atoms with Crippen LogP contribution in [0, 0.1) is 6.92 Å². The van der Waals surface area contributed by atoms with E-state index in [-0.39, 0.29) is 0 Å². The molecule has 1 N–H and O–H groups in total. The summed E-state index contributed by atoms with van der Waals surface area (Å²) in [6.07, 6.45) is 0. The highest BCUT2D eigenvalue weighted by Crippen LogP contribution is 2.20. The Kier molecular flexibility index (Phi) is 3.56. The van der Waals surface area contributed by atoms with Crippen LogP contribution >= 0.6 is 12.2 Å². The van der Waals surface area contributed by atoms with Gasteiger partial charge in [0.05, 0.1) is 11.8 Å². The number of H-pyrrole nitrogens is 1. The molecule has 0 saturated carbocycles. The van der Waals surface area contributed by atoms with Crippen molar-refractivity contribution in [3.8, 4) is 0 Å². The van der Waals surface area contributed by atoms with Crippen LogP contribution in [0.5, 0.6) is 0 Å². The molecule has 4 nitrogen and oxygen atoms in total. The Morgan fingerprint density at radius 3 is 3.07 bits per heavy atom. The van der Waals surface area contributed by atoms with E-state index in [0.717, 1.165) is 5.69 Å². The Balaban J connectivity index is 3.05. The van der Waals surface area contributed by atoms with Crippen molar-refractivity contribution in [1.29, 1.82) is 0 Å². The third-order valence-corrected chi connectivity index (χ3v) is 1.67. The van der Waals surface area contributed by atoms with Crippen LogP contribution < -0.4 is 0 Å². The fourth-order valence-corrected chi connectivity index (χ4v) is 1.17. The quantitative estimate of drug-likeness (QED) is 0.473. The monoisotopic (exact) mass is 210 g/mol. The van der Waals surface area contributed by atoms with Crippen molar-refractivity contribution >= 4 is 29.0 Å². The predicted octanol–water partition coefficient (Wildman–Crippen LogP) is 2.23. The van der Waals surface area contributed by atoms with Gasteiger partial charge in [0.1, 0.15) is 5.69 Å². The van der Waals surface area contributed by atoms with Crippen molar-refractivity contribution in [1.82, 2.24) is 4.98 Å². The smallest absolute Gasteiger partial charge is 0.357 e. The van der Waals surface area contributed by atoms with E-state index in [2.05, 4.69) is 27.4 Å². The number of carbonyl (C=O) groups excluding carboxylic acids is 1. The zero-order chi connectivity index (χ0) is 10.6. The molecular weight excluding hydrogens is 200 g/mol. The normalized spacial score (nSPS) is 9.29. The topological polar surface area (TPSA) is 54.5 Å². The van der Waals surface area contributed by atoms with Crippen molar-refractivity contribution < 1.29 is 9.53 Å². The molecule has 0 aliphatic heterocycles. The second-order valence-corrected chi connectivity index (χ2v) is 2.82. The van der Waals surface area contributed by atoms with E-state index < -0.39 is 5.97 Å². The Bertz CT molecular complexity index is 392. The van der Waals surface area contributed by atoms with Gasteiger partial charge in [0.2, 0.25) is 0 Å². The summed E-state index contributed by atoms with van der Waals surface area (Å²) in [7, 11) is 0. The van der Waals surface area contributed by atoms with Crippen LogP contribution in [-0.2, 0) is 4.74 Å². The second-order valence-electron chi connectivity index (χ2n) is 2.64. The van der Waals surface area contributed by atoms with E-state index in [0.29, 0.717) is 18.0 Å². The average Bonchev–Trinajstić information content (AvgIpc) is 2.48. The first-order valence-electron chi connectivity index (χ1n) is 4.13. The van der Waals surface area contributed by atoms with Gasteiger partial charge in [-0.1, -0.05) is 0 Å². The lowest BCUT2D eigenvalue weighted by atomic mass is 10.3. The van der Waals surface area contributed by atoms with Gasteiger partial charge >= 0.3 is 5.97 Å². The maximum Gasteiger partial charge on any atom is 0.357 e. The molecule has 0 saturated heterocycles. The number of aliphatic imine (C=N–C) groups is 1. The van der Waals surface area contributed by atoms with Crippen LogP contribution in [0.2, 0.25) is 0 Å². The number of isothiocyanates is 1. The van der Waals surface area contributed by atoms with Gasteiger partial charge in [-0.3, -0.25) is 0 Å². The summed E-state index contributed by atoms with van der Waals surface area (Å²) >= 11 is 4.47. The molecule has 0 radical (unpaired) electrons. The van der Waals surface area contributed by atoms with E-state index in [9.17, 15) is 4.79 Å². The molecule has 1 aromatic heterocycles. The third-order valence-electron chi connectivity index (χ3n) is 1.58. The van der Waals surface area contributed by atoms with Gasteiger partial charge in [0.25, 0.3) is 0 Å². The molecule has 0 bridgehead atoms. The largest absolute Gasteiger partial charge is 0.461 e. The van der Waals surface area contributed by atoms with E-state index in [4.69, 9.17) is 4.74 Å². The molecule has 0 aliphatic rings. The van der Waals surface area contributed by atoms with Gasteiger partial charge in [-0.25, -0.2) is 4.79 Å². The zero-order valence-electron chi connectivity index (χ0n) is 7.96. The van der Waals surface area contributed by atoms with Crippen molar-refractivity contribution in [2.75, 3.05) is 6.61 Å². The number of aryl methyl sites for hydroxylation is 1. The molecule has 0 aliphatic carbocycles. The van der Waals surface area contributed by atoms with Gasteiger partial charge in [-0.05, 0) is 32.1 Å². The Hall–Kier alpha value is -1.45. The number of carbonyl (C=O) groups is 1. The van der Waals surface area contributed by atoms with Crippen LogP contribution in [0.1, 0.15) is 23.1 Å². The maximum atomic E-state index is 11.4. The number of nitrogens with one attached hydrogen (secondary N) is 1. The first-order chi connectivity index (χ1) is 6.69. The molecule has 0 aromatic carbocycles. The fourth-order valence-electron chi connectivity index (χ4n) is 1.07. The van der Waals surface area contributed by atoms with Gasteiger partial charge in [-0.15, -0.1) is 0 Å². The van der Waals surface area contributed by atoms with E-state index in [1.165, 1.54) is 0 Å². The average molecular weight is 210 g/mol. The standard InChI is InChI=1S/C9H10N2O2S/c1-3-13-9(12)8-7(10-5-14)4-6(2)11-8/h4,11H,3H2,1-2H3. The predicted molar refractivity (Wildman–Crippen MR) is 56.2 cm³/mol. The summed E-state index contributed by atoms with van der Waals surface area (Å²) in [4.78, 5) is 18.0. The molecule has 0 unspecified atom stereocenters. The lowest BCUT2D eigenvalue weighted by Gasteiger charge is -1.98. The van der Waals surface area contributed by atoms with Crippen molar-refractivity contribution in [2.45, 2.75) is 13.8 Å². The molecule has 0 fully saturated rings. The number of rotatable bonds is 3. The van der Waals surface area contributed by atoms with Gasteiger partial charge < -0.3 is 9.72 Å². The molecule has 1 aromatic rings. The summed E-state index contributed by atoms with van der Waals surface area (Å²) in [6.45, 7) is 3.90. The molecule has 5 heteroatoms. The number of hydrogen-bond acceptors (Lipinski definition) is 4. The summed E-state index contributed by atoms with van der Waals surface area (Å²) in [5.41, 5.74) is 1.62. The van der Waals surface area contributed by atoms with E-state index in [1.54, 1.807) is 13.0 Å². The summed E-state index contributed by atoms with van der Waals surface area (Å²) in [5.74, 6) is -0.426. The number of hydrogen-bond donors (Lipinski definition) is 1. The molecule has 1 heterocycles. The van der Waals surface area contributed by atoms with Crippen LogP contribution in [0.25, 0.3) is 0 Å². The molecule has 0 atom stereocenters. The molecular formula is C9H10N2O2S. The summed E-state index contributed by atoms with van der Waals surface area (Å²) in [5, 5.41) is 2.22. The first kappa shape index (κ1) is 10.6. The second kappa shape index (κ2) is 4.69. The lowest BCUT2D eigenvalue weighted by Crippen LogP contribution is -2.05. The molecule has 1 rings (SSSR count). The van der Waals surface area contributed by atoms with Gasteiger partial charge in [0, 0.05) is 5.69 Å². The molecule has 0 amide bonds. The summed E-state index contributed by atoms with van der Waals surface area (Å²) < 4.78 is 4.84. The first-order valence-corrected chi connectivity index (χ1v) is 4.54.